The molecule has 0 bridgehead atoms. The number of fused-ring (bicyclic) bond motifs is 5. The van der Waals surface area contributed by atoms with E-state index in [-0.39, 0.29) is 28.9 Å². The second-order valence-corrected chi connectivity index (χ2v) is 7.82. The first-order valence-electron chi connectivity index (χ1n) is 8.04. The summed E-state index contributed by atoms with van der Waals surface area (Å²) in [7, 11) is 0. The zero-order valence-corrected chi connectivity index (χ0v) is 12.6. The average molecular weight is 295 g/mol. The van der Waals surface area contributed by atoms with Crippen LogP contribution >= 0.6 is 0 Å². The van der Waals surface area contributed by atoms with E-state index in [0.29, 0.717) is 22.9 Å². The number of para-hydroxylation sites is 1. The van der Waals surface area contributed by atoms with Crippen LogP contribution < -0.4 is 11.4 Å². The summed E-state index contributed by atoms with van der Waals surface area (Å²) in [6.07, 6.45) is 1.06. The molecule has 0 amide bonds. The summed E-state index contributed by atoms with van der Waals surface area (Å²) >= 11 is 0. The summed E-state index contributed by atoms with van der Waals surface area (Å²) in [5.74, 6) is 1.18. The fourth-order valence-electron chi connectivity index (χ4n) is 6.66. The highest BCUT2D eigenvalue weighted by atomic mass is 16.2. The molecule has 0 unspecified atom stereocenters. The number of rotatable bonds is 1. The van der Waals surface area contributed by atoms with Crippen molar-refractivity contribution in [1.82, 2.24) is 13.9 Å². The van der Waals surface area contributed by atoms with E-state index >= 15 is 0 Å². The fourth-order valence-corrected chi connectivity index (χ4v) is 6.66. The van der Waals surface area contributed by atoms with Crippen molar-refractivity contribution in [2.75, 3.05) is 0 Å². The van der Waals surface area contributed by atoms with Crippen molar-refractivity contribution < 1.29 is 0 Å². The highest BCUT2D eigenvalue weighted by molar-refractivity contribution is 5.41. The summed E-state index contributed by atoms with van der Waals surface area (Å²) in [6.45, 7) is 4.66. The van der Waals surface area contributed by atoms with Crippen LogP contribution in [0.25, 0.3) is 5.69 Å². The van der Waals surface area contributed by atoms with Gasteiger partial charge in [0.15, 0.2) is 0 Å². The normalized spacial score (nSPS) is 45.4. The number of hydrogen-bond acceptors (Lipinski definition) is 2. The summed E-state index contributed by atoms with van der Waals surface area (Å²) in [5.41, 5.74) is 0.936. The quantitative estimate of drug-likeness (QED) is 0.802. The van der Waals surface area contributed by atoms with E-state index in [0.717, 1.165) is 6.42 Å². The molecule has 0 spiro atoms. The van der Waals surface area contributed by atoms with Gasteiger partial charge < -0.3 is 0 Å². The lowest BCUT2D eigenvalue weighted by Gasteiger charge is -2.45. The standard InChI is InChI=1S/C17H17N3O2/c1-16-11-8-10-12(16)13(17(11,16)2)20-15(22)18(14(21)19(10)20)9-6-4-3-5-7-9/h3-7,10-13H,8H2,1-2H3/t10-,11+,12+,13+,16+,17-/m1/s1. The molecule has 6 rings (SSSR count). The number of hydrogen-bond donors (Lipinski definition) is 0. The second-order valence-electron chi connectivity index (χ2n) is 7.82. The van der Waals surface area contributed by atoms with E-state index in [2.05, 4.69) is 13.8 Å². The van der Waals surface area contributed by atoms with Crippen LogP contribution in [0.5, 0.6) is 0 Å². The third-order valence-corrected chi connectivity index (χ3v) is 7.66. The number of benzene rings is 1. The van der Waals surface area contributed by atoms with Gasteiger partial charge in [-0.3, -0.25) is 0 Å². The van der Waals surface area contributed by atoms with E-state index in [4.69, 9.17) is 0 Å². The average Bonchev–Trinajstić information content (AvgIpc) is 2.85. The zero-order chi connectivity index (χ0) is 15.0. The Hall–Kier alpha value is -2.04. The van der Waals surface area contributed by atoms with Crippen LogP contribution in [-0.4, -0.2) is 13.9 Å². The smallest absolute Gasteiger partial charge is 0.245 e. The van der Waals surface area contributed by atoms with Gasteiger partial charge in [0.05, 0.1) is 17.8 Å². The topological polar surface area (TPSA) is 48.9 Å². The Kier molecular flexibility index (Phi) is 1.52. The van der Waals surface area contributed by atoms with Gasteiger partial charge in [0, 0.05) is 5.92 Å². The van der Waals surface area contributed by atoms with Crippen LogP contribution in [-0.2, 0) is 0 Å². The van der Waals surface area contributed by atoms with Gasteiger partial charge in [0.1, 0.15) is 0 Å². The molecule has 5 nitrogen and oxygen atoms in total. The van der Waals surface area contributed by atoms with Crippen LogP contribution in [0.3, 0.4) is 0 Å². The Morgan fingerprint density at radius 2 is 1.68 bits per heavy atom. The van der Waals surface area contributed by atoms with Crippen LogP contribution in [0.2, 0.25) is 0 Å². The van der Waals surface area contributed by atoms with Crippen LogP contribution in [0.1, 0.15) is 32.4 Å². The molecule has 112 valence electrons. The molecule has 1 aromatic carbocycles. The van der Waals surface area contributed by atoms with Gasteiger partial charge in [-0.2, -0.15) is 0 Å². The Labute approximate surface area is 126 Å². The first-order chi connectivity index (χ1) is 10.5. The highest BCUT2D eigenvalue weighted by Gasteiger charge is 2.93. The molecule has 3 aliphatic carbocycles. The van der Waals surface area contributed by atoms with Gasteiger partial charge >= 0.3 is 11.4 Å². The molecule has 2 heterocycles. The highest BCUT2D eigenvalue weighted by Crippen LogP contribution is 2.96. The molecule has 0 radical (unpaired) electrons. The first kappa shape index (κ1) is 11.5. The Balaban J connectivity index is 1.65. The second kappa shape index (κ2) is 2.90. The van der Waals surface area contributed by atoms with Crippen molar-refractivity contribution in [1.29, 1.82) is 0 Å². The molecule has 3 saturated carbocycles. The number of nitrogens with zero attached hydrogens (tertiary/aromatic N) is 3. The van der Waals surface area contributed by atoms with Gasteiger partial charge in [-0.15, -0.1) is 0 Å². The Morgan fingerprint density at radius 3 is 2.36 bits per heavy atom. The predicted molar refractivity (Wildman–Crippen MR) is 80.2 cm³/mol. The van der Waals surface area contributed by atoms with Crippen LogP contribution in [0, 0.1) is 22.7 Å². The molecule has 22 heavy (non-hydrogen) atoms. The van der Waals surface area contributed by atoms with E-state index in [1.54, 1.807) is 9.36 Å². The van der Waals surface area contributed by atoms with Gasteiger partial charge in [-0.25, -0.2) is 23.5 Å². The summed E-state index contributed by atoms with van der Waals surface area (Å²) < 4.78 is 4.91. The van der Waals surface area contributed by atoms with Crippen molar-refractivity contribution in [3.63, 3.8) is 0 Å². The number of aromatic nitrogens is 3. The molecule has 2 aromatic rings. The molecule has 5 heteroatoms. The lowest BCUT2D eigenvalue weighted by molar-refractivity contribution is 0.0167. The van der Waals surface area contributed by atoms with E-state index < -0.39 is 0 Å². The molecule has 3 fully saturated rings. The van der Waals surface area contributed by atoms with Gasteiger partial charge in [0.2, 0.25) is 0 Å². The maximum atomic E-state index is 13.0. The van der Waals surface area contributed by atoms with Crippen molar-refractivity contribution in [3.8, 4) is 5.69 Å². The van der Waals surface area contributed by atoms with E-state index in [1.807, 2.05) is 30.3 Å². The van der Waals surface area contributed by atoms with Gasteiger partial charge in [-0.05, 0) is 35.3 Å². The van der Waals surface area contributed by atoms with Crippen molar-refractivity contribution in [2.24, 2.45) is 22.7 Å². The van der Waals surface area contributed by atoms with Crippen molar-refractivity contribution in [2.45, 2.75) is 32.4 Å². The molecule has 4 aliphatic rings. The Morgan fingerprint density at radius 1 is 1.00 bits per heavy atom. The third-order valence-electron chi connectivity index (χ3n) is 7.66. The maximum Gasteiger partial charge on any atom is 0.352 e. The van der Waals surface area contributed by atoms with E-state index in [9.17, 15) is 9.59 Å². The summed E-state index contributed by atoms with van der Waals surface area (Å²) in [5, 5.41) is 0. The zero-order valence-electron chi connectivity index (χ0n) is 12.6. The predicted octanol–water partition coefficient (Wildman–Crippen LogP) is 1.57. The molecule has 0 N–H and O–H groups in total. The van der Waals surface area contributed by atoms with Crippen LogP contribution in [0.4, 0.5) is 0 Å². The molecular formula is C17H17N3O2. The maximum absolute atomic E-state index is 13.0. The molecule has 0 saturated heterocycles. The summed E-state index contributed by atoms with van der Waals surface area (Å²) in [6, 6.07) is 9.72. The minimum atomic E-state index is -0.164. The lowest BCUT2D eigenvalue weighted by Crippen LogP contribution is -2.46. The minimum absolute atomic E-state index is 0.162. The van der Waals surface area contributed by atoms with Gasteiger partial charge in [-0.1, -0.05) is 32.0 Å². The fraction of sp³-hybridized carbons (Fsp3) is 0.529. The minimum Gasteiger partial charge on any atom is -0.245 e. The van der Waals surface area contributed by atoms with Crippen molar-refractivity contribution in [3.05, 3.63) is 51.3 Å². The third kappa shape index (κ3) is 0.788. The largest absolute Gasteiger partial charge is 0.352 e. The van der Waals surface area contributed by atoms with E-state index in [1.165, 1.54) is 4.57 Å². The monoisotopic (exact) mass is 295 g/mol. The Bertz CT molecular complexity index is 968. The SMILES string of the molecule is C[C@@]12[C@H]3[C@H]4C[C@@H]1[C@]2(C)[C@H]3n1c(=O)n(-c2ccccc2)c(=O)n14. The molecular weight excluding hydrogens is 278 g/mol. The molecule has 1 aliphatic heterocycles. The van der Waals surface area contributed by atoms with Crippen molar-refractivity contribution >= 4 is 0 Å². The van der Waals surface area contributed by atoms with Gasteiger partial charge in [0.25, 0.3) is 0 Å². The van der Waals surface area contributed by atoms with Crippen LogP contribution in [0.15, 0.2) is 39.9 Å². The lowest BCUT2D eigenvalue weighted by atomic mass is 9.60. The first-order valence-corrected chi connectivity index (χ1v) is 8.04. The summed E-state index contributed by atoms with van der Waals surface area (Å²) in [4.78, 5) is 25.9. The molecule has 6 atom stereocenters. The molecule has 1 aromatic heterocycles.